The van der Waals surface area contributed by atoms with Crippen LogP contribution < -0.4 is 20.1 Å². The molecule has 0 radical (unpaired) electrons. The lowest BCUT2D eigenvalue weighted by Crippen LogP contribution is -2.28. The molecule has 0 fully saturated rings. The second-order valence-corrected chi connectivity index (χ2v) is 5.02. The van der Waals surface area contributed by atoms with Crippen LogP contribution in [0.1, 0.15) is 11.1 Å². The van der Waals surface area contributed by atoms with E-state index in [-0.39, 0.29) is 5.75 Å². The topological polar surface area (TPSA) is 79.8 Å². The van der Waals surface area contributed by atoms with Crippen LogP contribution in [0.2, 0.25) is 0 Å². The van der Waals surface area contributed by atoms with Gasteiger partial charge in [-0.05, 0) is 42.3 Å². The minimum absolute atomic E-state index is 0.0336. The van der Waals surface area contributed by atoms with Crippen molar-refractivity contribution in [1.29, 1.82) is 0 Å². The molecule has 3 N–H and O–H groups in total. The van der Waals surface area contributed by atoms with Crippen LogP contribution in [0.5, 0.6) is 17.2 Å². The molecule has 122 valence electrons. The van der Waals surface area contributed by atoms with E-state index >= 15 is 0 Å². The number of ether oxygens (including phenoxy) is 2. The Morgan fingerprint density at radius 3 is 2.48 bits per heavy atom. The zero-order valence-electron chi connectivity index (χ0n) is 13.3. The van der Waals surface area contributed by atoms with E-state index in [9.17, 15) is 9.90 Å². The highest BCUT2D eigenvalue weighted by atomic mass is 16.5. The van der Waals surface area contributed by atoms with Gasteiger partial charge in [-0.25, -0.2) is 4.79 Å². The Bertz CT molecular complexity index is 701. The van der Waals surface area contributed by atoms with E-state index in [0.29, 0.717) is 23.7 Å². The second kappa shape index (κ2) is 7.40. The third-order valence-electron chi connectivity index (χ3n) is 3.30. The molecule has 0 saturated carbocycles. The summed E-state index contributed by atoms with van der Waals surface area (Å²) >= 11 is 0. The molecule has 0 spiro atoms. The van der Waals surface area contributed by atoms with E-state index in [2.05, 4.69) is 10.6 Å². The van der Waals surface area contributed by atoms with Crippen molar-refractivity contribution in [2.24, 2.45) is 0 Å². The number of aryl methyl sites for hydroxylation is 1. The fourth-order valence-corrected chi connectivity index (χ4v) is 2.09. The quantitative estimate of drug-likeness (QED) is 0.741. The van der Waals surface area contributed by atoms with E-state index in [4.69, 9.17) is 9.47 Å². The first-order valence-corrected chi connectivity index (χ1v) is 7.09. The van der Waals surface area contributed by atoms with Crippen LogP contribution in [-0.2, 0) is 6.54 Å². The van der Waals surface area contributed by atoms with Gasteiger partial charge in [-0.3, -0.25) is 0 Å². The van der Waals surface area contributed by atoms with Crippen LogP contribution in [0.3, 0.4) is 0 Å². The molecule has 2 aromatic rings. The number of nitrogens with one attached hydrogen (secondary N) is 2. The van der Waals surface area contributed by atoms with Gasteiger partial charge in [0.1, 0.15) is 5.75 Å². The Kier molecular flexibility index (Phi) is 5.30. The number of urea groups is 1. The number of hydrogen-bond acceptors (Lipinski definition) is 4. The van der Waals surface area contributed by atoms with Gasteiger partial charge in [-0.15, -0.1) is 0 Å². The largest absolute Gasteiger partial charge is 0.506 e. The molecule has 2 rings (SSSR count). The van der Waals surface area contributed by atoms with Gasteiger partial charge in [0, 0.05) is 6.54 Å². The lowest BCUT2D eigenvalue weighted by atomic mass is 10.2. The van der Waals surface area contributed by atoms with Crippen LogP contribution in [0.25, 0.3) is 0 Å². The number of benzene rings is 2. The van der Waals surface area contributed by atoms with Gasteiger partial charge in [0.05, 0.1) is 19.9 Å². The van der Waals surface area contributed by atoms with Gasteiger partial charge < -0.3 is 25.2 Å². The number of aromatic hydroxyl groups is 1. The normalized spacial score (nSPS) is 10.0. The van der Waals surface area contributed by atoms with E-state index in [1.54, 1.807) is 38.5 Å². The van der Waals surface area contributed by atoms with E-state index in [1.807, 2.05) is 19.1 Å². The molecule has 0 aliphatic heterocycles. The third kappa shape index (κ3) is 4.29. The fourth-order valence-electron chi connectivity index (χ4n) is 2.09. The Morgan fingerprint density at radius 1 is 1.09 bits per heavy atom. The first-order chi connectivity index (χ1) is 11.0. The molecule has 0 aliphatic carbocycles. The average molecular weight is 316 g/mol. The lowest BCUT2D eigenvalue weighted by molar-refractivity contribution is 0.251. The summed E-state index contributed by atoms with van der Waals surface area (Å²) in [6.07, 6.45) is 0. The number of amides is 2. The van der Waals surface area contributed by atoms with Crippen molar-refractivity contribution >= 4 is 11.7 Å². The highest BCUT2D eigenvalue weighted by Crippen LogP contribution is 2.27. The molecule has 0 unspecified atom stereocenters. The van der Waals surface area contributed by atoms with Crippen LogP contribution in [0, 0.1) is 6.92 Å². The molecule has 2 amide bonds. The Balaban J connectivity index is 1.96. The van der Waals surface area contributed by atoms with Crippen LogP contribution in [0.15, 0.2) is 36.4 Å². The number of hydrogen-bond donors (Lipinski definition) is 3. The highest BCUT2D eigenvalue weighted by molar-refractivity contribution is 5.90. The number of carbonyl (C=O) groups excluding carboxylic acids is 1. The Morgan fingerprint density at radius 2 is 1.83 bits per heavy atom. The molecule has 0 atom stereocenters. The number of methoxy groups -OCH3 is 2. The summed E-state index contributed by atoms with van der Waals surface area (Å²) in [6, 6.07) is 10.1. The van der Waals surface area contributed by atoms with Gasteiger partial charge in [-0.1, -0.05) is 12.1 Å². The maximum atomic E-state index is 11.9. The predicted molar refractivity (Wildman–Crippen MR) is 88.2 cm³/mol. The van der Waals surface area contributed by atoms with Crippen molar-refractivity contribution in [2.45, 2.75) is 13.5 Å². The maximum Gasteiger partial charge on any atom is 0.319 e. The number of anilines is 1. The minimum atomic E-state index is -0.404. The summed E-state index contributed by atoms with van der Waals surface area (Å²) in [5.74, 6) is 1.26. The predicted octanol–water partition coefficient (Wildman–Crippen LogP) is 3.04. The van der Waals surface area contributed by atoms with Crippen molar-refractivity contribution in [2.75, 3.05) is 19.5 Å². The molecule has 0 aliphatic rings. The van der Waals surface area contributed by atoms with Crippen molar-refractivity contribution < 1.29 is 19.4 Å². The standard InChI is InChI=1S/C17H20N2O4/c1-11-4-6-13(14(20)8-11)19-17(21)18-10-12-5-7-15(22-2)16(9-12)23-3/h4-9,20H,10H2,1-3H3,(H2,18,19,21). The summed E-state index contributed by atoms with van der Waals surface area (Å²) < 4.78 is 10.4. The monoisotopic (exact) mass is 316 g/mol. The molecule has 6 heteroatoms. The zero-order valence-corrected chi connectivity index (χ0v) is 13.3. The molecule has 0 saturated heterocycles. The minimum Gasteiger partial charge on any atom is -0.506 e. The smallest absolute Gasteiger partial charge is 0.319 e. The Labute approximate surface area is 135 Å². The molecule has 2 aromatic carbocycles. The summed E-state index contributed by atoms with van der Waals surface area (Å²) in [7, 11) is 3.12. The fraction of sp³-hybridized carbons (Fsp3) is 0.235. The van der Waals surface area contributed by atoms with E-state index in [0.717, 1.165) is 11.1 Å². The SMILES string of the molecule is COc1ccc(CNC(=O)Nc2ccc(C)cc2O)cc1OC. The summed E-state index contributed by atoms with van der Waals surface area (Å²) in [5, 5.41) is 15.1. The molecular weight excluding hydrogens is 296 g/mol. The number of phenols is 1. The average Bonchev–Trinajstić information content (AvgIpc) is 2.55. The van der Waals surface area contributed by atoms with Crippen molar-refractivity contribution in [3.8, 4) is 17.2 Å². The summed E-state index contributed by atoms with van der Waals surface area (Å²) in [5.41, 5.74) is 2.14. The van der Waals surface area contributed by atoms with Gasteiger partial charge in [0.15, 0.2) is 11.5 Å². The van der Waals surface area contributed by atoms with Crippen molar-refractivity contribution in [3.63, 3.8) is 0 Å². The second-order valence-electron chi connectivity index (χ2n) is 5.02. The number of phenolic OH excluding ortho intramolecular Hbond substituents is 1. The van der Waals surface area contributed by atoms with Crippen molar-refractivity contribution in [1.82, 2.24) is 5.32 Å². The summed E-state index contributed by atoms with van der Waals surface area (Å²) in [6.45, 7) is 2.18. The molecule has 23 heavy (non-hydrogen) atoms. The molecule has 0 aromatic heterocycles. The van der Waals surface area contributed by atoms with Crippen LogP contribution >= 0.6 is 0 Å². The Hall–Kier alpha value is -2.89. The number of carbonyl (C=O) groups is 1. The van der Waals surface area contributed by atoms with Gasteiger partial charge in [-0.2, -0.15) is 0 Å². The molecule has 6 nitrogen and oxygen atoms in total. The lowest BCUT2D eigenvalue weighted by Gasteiger charge is -2.11. The van der Waals surface area contributed by atoms with Gasteiger partial charge in [0.2, 0.25) is 0 Å². The third-order valence-corrected chi connectivity index (χ3v) is 3.30. The van der Waals surface area contributed by atoms with E-state index < -0.39 is 6.03 Å². The van der Waals surface area contributed by atoms with Crippen LogP contribution in [0.4, 0.5) is 10.5 Å². The highest BCUT2D eigenvalue weighted by Gasteiger charge is 2.08. The molecular formula is C17H20N2O4. The first-order valence-electron chi connectivity index (χ1n) is 7.09. The van der Waals surface area contributed by atoms with Gasteiger partial charge in [0.25, 0.3) is 0 Å². The van der Waals surface area contributed by atoms with Gasteiger partial charge >= 0.3 is 6.03 Å². The maximum absolute atomic E-state index is 11.9. The van der Waals surface area contributed by atoms with E-state index in [1.165, 1.54) is 0 Å². The molecule has 0 heterocycles. The van der Waals surface area contributed by atoms with Crippen molar-refractivity contribution in [3.05, 3.63) is 47.5 Å². The zero-order chi connectivity index (χ0) is 16.8. The summed E-state index contributed by atoms with van der Waals surface area (Å²) in [4.78, 5) is 11.9. The first kappa shape index (κ1) is 16.5. The number of rotatable bonds is 5. The van der Waals surface area contributed by atoms with Crippen LogP contribution in [-0.4, -0.2) is 25.4 Å². The molecule has 0 bridgehead atoms.